The molecule has 144 heavy (non-hydrogen) atoms. The van der Waals surface area contributed by atoms with Crippen LogP contribution in [0.5, 0.6) is 0 Å². The molecular formula is C116H209N7O20S. The van der Waals surface area contributed by atoms with E-state index in [2.05, 4.69) is 106 Å². The Morgan fingerprint density at radius 3 is 0.917 bits per heavy atom. The van der Waals surface area contributed by atoms with Crippen LogP contribution in [0.2, 0.25) is 0 Å². The van der Waals surface area contributed by atoms with Crippen LogP contribution in [-0.4, -0.2) is 196 Å². The minimum absolute atomic E-state index is 0.00116. The van der Waals surface area contributed by atoms with Crippen molar-refractivity contribution in [2.24, 2.45) is 94.7 Å². The van der Waals surface area contributed by atoms with Crippen molar-refractivity contribution in [2.75, 3.05) is 97.0 Å². The van der Waals surface area contributed by atoms with Crippen molar-refractivity contribution >= 4 is 111 Å². The Kier molecular flexibility index (Phi) is 105. The van der Waals surface area contributed by atoms with Crippen LogP contribution in [-0.2, 0) is 86.1 Å². The first-order valence-electron chi connectivity index (χ1n) is 53.8. The molecule has 0 saturated carbocycles. The molecule has 7 N–H and O–H groups in total. The minimum Gasteiger partial charge on any atom is -0.381 e. The van der Waals surface area contributed by atoms with Crippen molar-refractivity contribution in [3.05, 3.63) is 71.8 Å². The fraction of sp³-hybridized carbons (Fsp3) is 0.750. The molecule has 0 saturated heterocycles. The van der Waals surface area contributed by atoms with Crippen molar-refractivity contribution < 1.29 is 95.7 Å². The van der Waals surface area contributed by atoms with Crippen LogP contribution in [0.25, 0.3) is 0 Å². The van der Waals surface area contributed by atoms with Gasteiger partial charge in [0, 0.05) is 226 Å². The van der Waals surface area contributed by atoms with Gasteiger partial charge in [0.1, 0.15) is 52.0 Å². The van der Waals surface area contributed by atoms with Gasteiger partial charge >= 0.3 is 0 Å². The Morgan fingerprint density at radius 1 is 0.243 bits per heavy atom. The first-order valence-corrected chi connectivity index (χ1v) is 54.9. The van der Waals surface area contributed by atoms with Gasteiger partial charge in [0.2, 0.25) is 35.4 Å². The molecule has 0 atom stereocenters. The molecule has 7 amide bonds. The maximum atomic E-state index is 11.9. The largest absolute Gasteiger partial charge is 0.381 e. The summed E-state index contributed by atoms with van der Waals surface area (Å²) in [5, 5.41) is 19.2. The van der Waals surface area contributed by atoms with Crippen LogP contribution in [0.1, 0.15) is 397 Å². The van der Waals surface area contributed by atoms with Crippen LogP contribution >= 0.6 is 11.8 Å². The first kappa shape index (κ1) is 151. The number of carbonyl (C=O) groups is 17. The number of hydrogen-bond donors (Lipinski definition) is 7. The van der Waals surface area contributed by atoms with Crippen molar-refractivity contribution in [3.8, 4) is 0 Å². The standard InChI is InChI=1S/C18H26O2.C16H30N2O4.C14H26O3.C13H25NO3.C13H25NO2S.C13H17NO2.C11H21NO2.C10H19NO2.2C4H10/c1-15(2)17(19)13-9-4-3-5-10-14-18(20)16-11-7-6-8-12-16;1-12(2)11-18-16(21)7-10-22-9-6-15(20)17-8-5-14(19)13(3)4;1-11(2)13(15)7-5-9-17-10-6-8-14(16)12(3)4;2*1-10(2)9-17-8-7-14-13(16)6-5-12(15)11(3)4;1-10(2)12(15)8-9-14-13(16)11-6-4-3-5-7-11;1-8(2)7-11(14)12-6-5-10(13)9(3)4;1-7(2)6-11-10(13)5-9(12)8(3)4;2*1-4(2)3/h6-8,11-12,15H,3-5,9-10,13-14H2,1-2H3;12-13H,5-11H2,1-4H3,(H,17,20)(H,18,21);11-12H,5-10H2,1-4H3;2*10-11H,5-9H2,1-4H3,(H,14,16);3-7,10H,8-9H2,1-2H3,(H,14,16);8-9H,5-7H2,1-4H3,(H,12,14);7-8H,5-6H2,1-4H3,(H,11,13);2*4H,1-3H3. The average molecular weight is 2050 g/mol. The maximum absolute atomic E-state index is 11.9. The minimum atomic E-state index is -0.160. The molecule has 2 aromatic carbocycles. The Bertz CT molecular complexity index is 3600. The fourth-order valence-electron chi connectivity index (χ4n) is 10.6. The SMILES string of the molecule is CC(C)C.CC(C)C.CC(C)C(=O)CCCCCCCC(=O)c1ccccc1.CC(C)C(=O)CCCOCCCC(=O)C(C)C.CC(C)C(=O)CCNC(=O)c1ccccc1.CC(C)CC(=O)NCCC(=O)C(C)C.CC(C)CNC(=O)CC(=O)C(C)C.CC(C)CNC(=O)CCOCCC(=O)NCCC(=O)C(C)C.CC(C)COCCNC(=O)CCC(=O)C(C)C.CC(C)CSCCNC(=O)CCC(=O)C(C)C. The quantitative estimate of drug-likeness (QED) is 0.0184. The van der Waals surface area contributed by atoms with E-state index < -0.39 is 0 Å². The molecule has 0 bridgehead atoms. The van der Waals surface area contributed by atoms with E-state index in [1.165, 1.54) is 0 Å². The molecule has 27 nitrogen and oxygen atoms in total. The third-order valence-electron chi connectivity index (χ3n) is 19.7. The third-order valence-corrected chi connectivity index (χ3v) is 21.1. The maximum Gasteiger partial charge on any atom is 0.251 e. The average Bonchev–Trinajstić information content (AvgIpc) is 0.920. The van der Waals surface area contributed by atoms with Crippen LogP contribution in [0.3, 0.4) is 0 Å². The second kappa shape index (κ2) is 101. The second-order valence-electron chi connectivity index (χ2n) is 42.4. The van der Waals surface area contributed by atoms with E-state index >= 15 is 0 Å². The Balaban J connectivity index is -0.000000243. The fourth-order valence-corrected chi connectivity index (χ4v) is 11.4. The summed E-state index contributed by atoms with van der Waals surface area (Å²) in [5.74, 6) is 8.18. The first-order chi connectivity index (χ1) is 67.2. The number of rotatable bonds is 66. The zero-order valence-corrected chi connectivity index (χ0v) is 97.6. The summed E-state index contributed by atoms with van der Waals surface area (Å²) < 4.78 is 16.0. The van der Waals surface area contributed by atoms with Crippen molar-refractivity contribution in [1.29, 1.82) is 0 Å². The van der Waals surface area contributed by atoms with Crippen LogP contribution in [0, 0.1) is 94.7 Å². The molecule has 0 unspecified atom stereocenters. The Morgan fingerprint density at radius 2 is 0.549 bits per heavy atom. The lowest BCUT2D eigenvalue weighted by molar-refractivity contribution is -0.130. The zero-order chi connectivity index (χ0) is 112. The highest BCUT2D eigenvalue weighted by Gasteiger charge is 2.18. The summed E-state index contributed by atoms with van der Waals surface area (Å²) in [5.41, 5.74) is 1.44. The third kappa shape index (κ3) is 117. The lowest BCUT2D eigenvalue weighted by Crippen LogP contribution is -2.30. The number of nitrogens with one attached hydrogen (secondary N) is 7. The molecule has 0 heterocycles. The van der Waals surface area contributed by atoms with Gasteiger partial charge in [0.05, 0.1) is 26.2 Å². The topological polar surface area (TPSA) is 402 Å². The van der Waals surface area contributed by atoms with Gasteiger partial charge in [-0.05, 0) is 85.0 Å². The van der Waals surface area contributed by atoms with Gasteiger partial charge in [-0.2, -0.15) is 11.8 Å². The summed E-state index contributed by atoms with van der Waals surface area (Å²) in [6.45, 7) is 74.2. The number of hydrogen-bond acceptors (Lipinski definition) is 21. The van der Waals surface area contributed by atoms with E-state index in [4.69, 9.17) is 14.2 Å². The number of thioether (sulfide) groups is 1. The summed E-state index contributed by atoms with van der Waals surface area (Å²) in [4.78, 5) is 193. The zero-order valence-electron chi connectivity index (χ0n) is 96.7. The molecule has 0 spiro atoms. The number of benzene rings is 2. The molecule has 0 aliphatic rings. The lowest BCUT2D eigenvalue weighted by atomic mass is 10.0. The second-order valence-corrected chi connectivity index (χ2v) is 43.6. The molecule has 834 valence electrons. The molecule has 28 heteroatoms. The predicted octanol–water partition coefficient (Wildman–Crippen LogP) is 21.9. The Hall–Kier alpha value is -8.34. The number of Topliss-reactive ketones (excluding diaryl/α,β-unsaturated/α-hetero) is 10. The summed E-state index contributed by atoms with van der Waals surface area (Å²) >= 11 is 1.85. The highest BCUT2D eigenvalue weighted by atomic mass is 32.2. The highest BCUT2D eigenvalue weighted by Crippen LogP contribution is 2.15. The van der Waals surface area contributed by atoms with Gasteiger partial charge in [-0.15, -0.1) is 0 Å². The van der Waals surface area contributed by atoms with Crippen molar-refractivity contribution in [1.82, 2.24) is 37.2 Å². The van der Waals surface area contributed by atoms with E-state index in [1.54, 1.807) is 26.0 Å². The number of carbonyl (C=O) groups excluding carboxylic acids is 17. The van der Waals surface area contributed by atoms with Gasteiger partial charge < -0.3 is 51.4 Å². The molecule has 0 aliphatic carbocycles. The molecule has 2 rings (SSSR count). The van der Waals surface area contributed by atoms with E-state index in [1.807, 2.05) is 213 Å². The number of amides is 7. The number of ketones is 10. The number of ether oxygens (including phenoxy) is 3. The summed E-state index contributed by atoms with van der Waals surface area (Å²) in [6, 6.07) is 18.5. The van der Waals surface area contributed by atoms with Crippen LogP contribution in [0.4, 0.5) is 0 Å². The monoisotopic (exact) mass is 2050 g/mol. The van der Waals surface area contributed by atoms with E-state index in [-0.39, 0.29) is 161 Å². The molecular weight excluding hydrogens is 1840 g/mol. The number of unbranched alkanes of at least 4 members (excludes halogenated alkanes) is 4. The van der Waals surface area contributed by atoms with Crippen molar-refractivity contribution in [3.63, 3.8) is 0 Å². The van der Waals surface area contributed by atoms with Crippen molar-refractivity contribution in [2.45, 2.75) is 377 Å². The Labute approximate surface area is 879 Å². The molecule has 0 aromatic heterocycles. The van der Waals surface area contributed by atoms with Gasteiger partial charge in [-0.25, -0.2) is 0 Å². The molecule has 0 radical (unpaired) electrons. The lowest BCUT2D eigenvalue weighted by Gasteiger charge is -2.08. The smallest absolute Gasteiger partial charge is 0.251 e. The molecule has 0 aliphatic heterocycles. The van der Waals surface area contributed by atoms with E-state index in [9.17, 15) is 81.5 Å². The van der Waals surface area contributed by atoms with Crippen LogP contribution < -0.4 is 37.2 Å². The predicted molar refractivity (Wildman–Crippen MR) is 593 cm³/mol. The summed E-state index contributed by atoms with van der Waals surface area (Å²) in [6.07, 6.45) is 12.9. The highest BCUT2D eigenvalue weighted by molar-refractivity contribution is 7.99. The normalized spacial score (nSPS) is 10.7. The molecule has 0 fully saturated rings. The molecule has 2 aromatic rings. The van der Waals surface area contributed by atoms with Gasteiger partial charge in [-0.1, -0.05) is 303 Å². The van der Waals surface area contributed by atoms with E-state index in [0.717, 1.165) is 73.9 Å². The van der Waals surface area contributed by atoms with Gasteiger partial charge in [0.25, 0.3) is 5.91 Å². The van der Waals surface area contributed by atoms with Gasteiger partial charge in [0.15, 0.2) is 5.78 Å². The van der Waals surface area contributed by atoms with Crippen LogP contribution in [0.15, 0.2) is 60.7 Å². The van der Waals surface area contributed by atoms with E-state index in [0.29, 0.717) is 208 Å². The summed E-state index contributed by atoms with van der Waals surface area (Å²) in [7, 11) is 0. The van der Waals surface area contributed by atoms with Gasteiger partial charge in [-0.3, -0.25) is 81.5 Å².